The summed E-state index contributed by atoms with van der Waals surface area (Å²) in [5.41, 5.74) is 9.02. The van der Waals surface area contributed by atoms with E-state index in [0.717, 1.165) is 24.0 Å². The van der Waals surface area contributed by atoms with E-state index in [0.29, 0.717) is 41.4 Å². The third-order valence-corrected chi connectivity index (χ3v) is 6.85. The summed E-state index contributed by atoms with van der Waals surface area (Å²) in [7, 11) is 1.45. The van der Waals surface area contributed by atoms with Gasteiger partial charge in [0.05, 0.1) is 24.1 Å². The molecule has 11 heteroatoms. The van der Waals surface area contributed by atoms with Gasteiger partial charge in [0, 0.05) is 25.2 Å². The van der Waals surface area contributed by atoms with Gasteiger partial charge < -0.3 is 20.7 Å². The number of nitrogens with two attached hydrogens (primary N) is 1. The molecular formula is C28H28FN7O3. The molecule has 1 saturated heterocycles. The smallest absolute Gasteiger partial charge is 0.254 e. The number of nitrogen functional groups attached to an aromatic ring is 1. The number of amides is 2. The lowest BCUT2D eigenvalue weighted by Crippen LogP contribution is -2.40. The molecule has 10 nitrogen and oxygen atoms in total. The van der Waals surface area contributed by atoms with E-state index in [1.807, 2.05) is 28.9 Å². The van der Waals surface area contributed by atoms with E-state index in [-0.39, 0.29) is 24.1 Å². The molecule has 5 rings (SSSR count). The number of carbonyl (C=O) groups excluding carboxylic acids is 2. The van der Waals surface area contributed by atoms with Crippen molar-refractivity contribution in [1.29, 1.82) is 0 Å². The number of methoxy groups -OCH3 is 1. The van der Waals surface area contributed by atoms with Crippen LogP contribution in [0.2, 0.25) is 0 Å². The first-order valence-corrected chi connectivity index (χ1v) is 12.5. The SMILES string of the molecule is C=CC(=O)N1CCCC(n2nc(-c3ccc(CNC(=O)c4cc(OC)ccc4F)cc3)c3c(N)ncnc32)C1. The van der Waals surface area contributed by atoms with Crippen molar-refractivity contribution in [2.45, 2.75) is 25.4 Å². The average molecular weight is 530 g/mol. The molecule has 1 atom stereocenters. The van der Waals surface area contributed by atoms with Gasteiger partial charge in [-0.2, -0.15) is 5.10 Å². The number of halogens is 1. The maximum Gasteiger partial charge on any atom is 0.254 e. The molecule has 0 bridgehead atoms. The number of ether oxygens (including phenoxy) is 1. The second-order valence-corrected chi connectivity index (χ2v) is 9.26. The zero-order chi connectivity index (χ0) is 27.5. The second-order valence-electron chi connectivity index (χ2n) is 9.26. The lowest BCUT2D eigenvalue weighted by Gasteiger charge is -2.32. The van der Waals surface area contributed by atoms with Gasteiger partial charge in [0.25, 0.3) is 5.91 Å². The zero-order valence-electron chi connectivity index (χ0n) is 21.4. The van der Waals surface area contributed by atoms with Gasteiger partial charge in [0.1, 0.15) is 29.4 Å². The average Bonchev–Trinajstić information content (AvgIpc) is 3.37. The van der Waals surface area contributed by atoms with Crippen LogP contribution in [-0.2, 0) is 11.3 Å². The summed E-state index contributed by atoms with van der Waals surface area (Å²) in [6.45, 7) is 4.97. The Morgan fingerprint density at radius 3 is 2.77 bits per heavy atom. The van der Waals surface area contributed by atoms with Crippen LogP contribution in [0, 0.1) is 5.82 Å². The summed E-state index contributed by atoms with van der Waals surface area (Å²) in [4.78, 5) is 35.2. The number of carbonyl (C=O) groups is 2. The van der Waals surface area contributed by atoms with E-state index in [1.165, 1.54) is 37.7 Å². The van der Waals surface area contributed by atoms with Gasteiger partial charge in [-0.15, -0.1) is 0 Å². The van der Waals surface area contributed by atoms with Crippen molar-refractivity contribution in [3.05, 3.63) is 78.4 Å². The van der Waals surface area contributed by atoms with Crippen LogP contribution in [-0.4, -0.2) is 56.7 Å². The van der Waals surface area contributed by atoms with Crippen LogP contribution >= 0.6 is 0 Å². The number of rotatable bonds is 7. The van der Waals surface area contributed by atoms with Crippen molar-refractivity contribution in [1.82, 2.24) is 30.0 Å². The Kier molecular flexibility index (Phi) is 7.22. The summed E-state index contributed by atoms with van der Waals surface area (Å²) >= 11 is 0. The highest BCUT2D eigenvalue weighted by molar-refractivity contribution is 5.98. The van der Waals surface area contributed by atoms with Crippen LogP contribution in [0.1, 0.15) is 34.8 Å². The molecule has 4 aromatic rings. The molecule has 200 valence electrons. The zero-order valence-corrected chi connectivity index (χ0v) is 21.4. The van der Waals surface area contributed by atoms with Crippen LogP contribution in [0.25, 0.3) is 22.3 Å². The summed E-state index contributed by atoms with van der Waals surface area (Å²) in [6.07, 6.45) is 4.41. The number of piperidine rings is 1. The van der Waals surface area contributed by atoms with Gasteiger partial charge in [-0.1, -0.05) is 30.8 Å². The lowest BCUT2D eigenvalue weighted by atomic mass is 10.1. The Hall–Kier alpha value is -4.80. The highest BCUT2D eigenvalue weighted by atomic mass is 19.1. The molecule has 0 saturated carbocycles. The van der Waals surface area contributed by atoms with Crippen LogP contribution in [0.15, 0.2) is 61.4 Å². The predicted molar refractivity (Wildman–Crippen MR) is 144 cm³/mol. The molecule has 39 heavy (non-hydrogen) atoms. The first-order chi connectivity index (χ1) is 18.9. The summed E-state index contributed by atoms with van der Waals surface area (Å²) in [5, 5.41) is 8.26. The molecule has 0 spiro atoms. The van der Waals surface area contributed by atoms with E-state index in [9.17, 15) is 14.0 Å². The van der Waals surface area contributed by atoms with Crippen molar-refractivity contribution in [2.75, 3.05) is 25.9 Å². The normalized spacial score (nSPS) is 15.2. The quantitative estimate of drug-likeness (QED) is 0.351. The molecule has 1 aliphatic heterocycles. The van der Waals surface area contributed by atoms with E-state index in [1.54, 1.807) is 4.90 Å². The number of benzene rings is 2. The first-order valence-electron chi connectivity index (χ1n) is 12.5. The summed E-state index contributed by atoms with van der Waals surface area (Å²) in [5.74, 6) is -0.563. The Morgan fingerprint density at radius 2 is 2.03 bits per heavy atom. The lowest BCUT2D eigenvalue weighted by molar-refractivity contribution is -0.127. The van der Waals surface area contributed by atoms with E-state index >= 15 is 0 Å². The predicted octanol–water partition coefficient (Wildman–Crippen LogP) is 3.50. The van der Waals surface area contributed by atoms with Crippen LogP contribution in [0.3, 0.4) is 0 Å². The molecule has 2 amide bonds. The third-order valence-electron chi connectivity index (χ3n) is 6.85. The third kappa shape index (κ3) is 5.15. The molecule has 3 heterocycles. The Morgan fingerprint density at radius 1 is 1.23 bits per heavy atom. The molecule has 0 radical (unpaired) electrons. The first kappa shape index (κ1) is 25.8. The monoisotopic (exact) mass is 529 g/mol. The van der Waals surface area contributed by atoms with Gasteiger partial charge in [0.15, 0.2) is 5.65 Å². The number of nitrogens with zero attached hydrogens (tertiary/aromatic N) is 5. The van der Waals surface area contributed by atoms with E-state index < -0.39 is 11.7 Å². The fourth-order valence-electron chi connectivity index (χ4n) is 4.80. The van der Waals surface area contributed by atoms with Crippen molar-refractivity contribution < 1.29 is 18.7 Å². The van der Waals surface area contributed by atoms with Gasteiger partial charge >= 0.3 is 0 Å². The van der Waals surface area contributed by atoms with Gasteiger partial charge in [0.2, 0.25) is 5.91 Å². The Labute approximate surface area is 224 Å². The molecule has 2 aromatic carbocycles. The van der Waals surface area contributed by atoms with Crippen molar-refractivity contribution in [2.24, 2.45) is 0 Å². The fraction of sp³-hybridized carbons (Fsp3) is 0.250. The molecule has 1 aliphatic rings. The molecule has 1 fully saturated rings. The van der Waals surface area contributed by atoms with Crippen molar-refractivity contribution >= 4 is 28.7 Å². The van der Waals surface area contributed by atoms with Crippen LogP contribution < -0.4 is 15.8 Å². The number of nitrogens with one attached hydrogen (secondary N) is 1. The number of aromatic nitrogens is 4. The van der Waals surface area contributed by atoms with Crippen LogP contribution in [0.4, 0.5) is 10.2 Å². The topological polar surface area (TPSA) is 128 Å². The number of anilines is 1. The standard InChI is InChI=1S/C28H28FN7O3/c1-3-23(37)35-12-4-5-19(15-35)36-27-24(26(30)32-16-33-27)25(34-36)18-8-6-17(7-9-18)14-31-28(38)21-13-20(39-2)10-11-22(21)29/h3,6-11,13,16,19H,1,4-5,12,14-15H2,2H3,(H,31,38)(H2,30,32,33). The van der Waals surface area contributed by atoms with Gasteiger partial charge in [-0.05, 0) is 42.7 Å². The summed E-state index contributed by atoms with van der Waals surface area (Å²) < 4.78 is 21.0. The van der Waals surface area contributed by atoms with Crippen molar-refractivity contribution in [3.63, 3.8) is 0 Å². The maximum atomic E-state index is 14.1. The minimum atomic E-state index is -0.624. The van der Waals surface area contributed by atoms with E-state index in [4.69, 9.17) is 15.6 Å². The minimum Gasteiger partial charge on any atom is -0.497 e. The number of hydrogen-bond acceptors (Lipinski definition) is 7. The summed E-state index contributed by atoms with van der Waals surface area (Å²) in [6, 6.07) is 11.4. The molecule has 0 aliphatic carbocycles. The highest BCUT2D eigenvalue weighted by Gasteiger charge is 2.28. The fourth-order valence-corrected chi connectivity index (χ4v) is 4.80. The van der Waals surface area contributed by atoms with Crippen LogP contribution in [0.5, 0.6) is 5.75 Å². The van der Waals surface area contributed by atoms with Crippen molar-refractivity contribution in [3.8, 4) is 17.0 Å². The number of fused-ring (bicyclic) bond motifs is 1. The molecule has 1 unspecified atom stereocenters. The largest absolute Gasteiger partial charge is 0.497 e. The number of likely N-dealkylation sites (tertiary alicyclic amines) is 1. The molecular weight excluding hydrogens is 501 g/mol. The molecule has 2 aromatic heterocycles. The van der Waals surface area contributed by atoms with E-state index in [2.05, 4.69) is 21.9 Å². The maximum absolute atomic E-state index is 14.1. The number of hydrogen-bond donors (Lipinski definition) is 2. The minimum absolute atomic E-state index is 0.0697. The highest BCUT2D eigenvalue weighted by Crippen LogP contribution is 2.34. The molecule has 3 N–H and O–H groups in total. The van der Waals surface area contributed by atoms with Gasteiger partial charge in [-0.25, -0.2) is 19.0 Å². The Balaban J connectivity index is 1.38. The Bertz CT molecular complexity index is 1550. The van der Waals surface area contributed by atoms with Gasteiger partial charge in [-0.3, -0.25) is 9.59 Å². The second kappa shape index (κ2) is 10.9.